The van der Waals surface area contributed by atoms with E-state index >= 15 is 0 Å². The molecular formula is C13H11N3O2. The van der Waals surface area contributed by atoms with Crippen molar-refractivity contribution in [3.05, 3.63) is 47.9 Å². The maximum atomic E-state index is 12.0. The number of fused-ring (bicyclic) bond motifs is 1. The normalized spacial score (nSPS) is 10.7. The molecule has 5 heteroatoms. The Balaban J connectivity index is 1.93. The van der Waals surface area contributed by atoms with Crippen LogP contribution >= 0.6 is 0 Å². The summed E-state index contributed by atoms with van der Waals surface area (Å²) in [5, 5.41) is 10.6. The molecule has 0 spiro atoms. The third kappa shape index (κ3) is 1.66. The van der Waals surface area contributed by atoms with E-state index < -0.39 is 0 Å². The molecule has 18 heavy (non-hydrogen) atoms. The molecule has 3 rings (SSSR count). The van der Waals surface area contributed by atoms with Crippen molar-refractivity contribution in [1.82, 2.24) is 10.2 Å². The molecule has 90 valence electrons. The first-order valence-corrected chi connectivity index (χ1v) is 5.54. The van der Waals surface area contributed by atoms with Gasteiger partial charge in [-0.05, 0) is 25.1 Å². The van der Waals surface area contributed by atoms with E-state index in [2.05, 4.69) is 15.5 Å². The third-order valence-corrected chi connectivity index (χ3v) is 2.81. The highest BCUT2D eigenvalue weighted by molar-refractivity contribution is 6.08. The molecule has 2 aromatic heterocycles. The number of nitrogens with zero attached hydrogens (tertiary/aromatic N) is 1. The minimum atomic E-state index is -0.224. The Labute approximate surface area is 103 Å². The molecule has 1 aromatic carbocycles. The van der Waals surface area contributed by atoms with Crippen molar-refractivity contribution in [2.45, 2.75) is 6.92 Å². The Morgan fingerprint density at radius 3 is 2.94 bits per heavy atom. The van der Waals surface area contributed by atoms with Gasteiger partial charge in [0, 0.05) is 5.39 Å². The molecule has 0 unspecified atom stereocenters. The van der Waals surface area contributed by atoms with Crippen LogP contribution in [0.4, 0.5) is 5.82 Å². The molecule has 0 saturated heterocycles. The molecule has 0 saturated carbocycles. The fourth-order valence-corrected chi connectivity index (χ4v) is 1.85. The molecule has 2 N–H and O–H groups in total. The average molecular weight is 241 g/mol. The number of carbonyl (C=O) groups excluding carboxylic acids is 1. The molecule has 0 aliphatic carbocycles. The SMILES string of the molecule is Cc1occc1C(=O)Nc1n[nH]c2ccccc12. The van der Waals surface area contributed by atoms with Crippen LogP contribution < -0.4 is 5.32 Å². The van der Waals surface area contributed by atoms with Crippen LogP contribution in [0.3, 0.4) is 0 Å². The van der Waals surface area contributed by atoms with Gasteiger partial charge >= 0.3 is 0 Å². The lowest BCUT2D eigenvalue weighted by Gasteiger charge is -2.00. The van der Waals surface area contributed by atoms with Crippen LogP contribution in [-0.2, 0) is 0 Å². The van der Waals surface area contributed by atoms with E-state index in [0.29, 0.717) is 17.1 Å². The number of nitrogens with one attached hydrogen (secondary N) is 2. The molecule has 5 nitrogen and oxygen atoms in total. The summed E-state index contributed by atoms with van der Waals surface area (Å²) >= 11 is 0. The largest absolute Gasteiger partial charge is 0.469 e. The fraction of sp³-hybridized carbons (Fsp3) is 0.0769. The Kier molecular flexibility index (Phi) is 2.37. The Hall–Kier alpha value is -2.56. The van der Waals surface area contributed by atoms with Gasteiger partial charge in [-0.2, -0.15) is 5.10 Å². The van der Waals surface area contributed by atoms with Crippen molar-refractivity contribution in [3.8, 4) is 0 Å². The van der Waals surface area contributed by atoms with Gasteiger partial charge in [0.2, 0.25) is 0 Å². The topological polar surface area (TPSA) is 70.9 Å². The second-order valence-corrected chi connectivity index (χ2v) is 3.96. The Morgan fingerprint density at radius 1 is 1.33 bits per heavy atom. The lowest BCUT2D eigenvalue weighted by Crippen LogP contribution is -2.12. The number of amides is 1. The summed E-state index contributed by atoms with van der Waals surface area (Å²) in [6, 6.07) is 9.25. The van der Waals surface area contributed by atoms with E-state index in [9.17, 15) is 4.79 Å². The summed E-state index contributed by atoms with van der Waals surface area (Å²) in [5.74, 6) is 0.891. The van der Waals surface area contributed by atoms with E-state index in [4.69, 9.17) is 4.42 Å². The van der Waals surface area contributed by atoms with E-state index in [1.54, 1.807) is 13.0 Å². The van der Waals surface area contributed by atoms with Crippen LogP contribution in [0.1, 0.15) is 16.1 Å². The van der Waals surface area contributed by atoms with Crippen LogP contribution in [0.15, 0.2) is 41.0 Å². The number of para-hydroxylation sites is 1. The predicted octanol–water partition coefficient (Wildman–Crippen LogP) is 2.72. The predicted molar refractivity (Wildman–Crippen MR) is 67.5 cm³/mol. The standard InChI is InChI=1S/C13H11N3O2/c1-8-9(6-7-18-8)13(17)14-12-10-4-2-3-5-11(10)15-16-12/h2-7H,1H3,(H2,14,15,16,17). The average Bonchev–Trinajstić information content (AvgIpc) is 2.97. The number of aryl methyl sites for hydroxylation is 1. The van der Waals surface area contributed by atoms with Crippen LogP contribution in [0.2, 0.25) is 0 Å². The van der Waals surface area contributed by atoms with E-state index in [1.807, 2.05) is 24.3 Å². The number of carbonyl (C=O) groups is 1. The number of rotatable bonds is 2. The smallest absolute Gasteiger partial charge is 0.260 e. The number of aromatic nitrogens is 2. The van der Waals surface area contributed by atoms with Crippen molar-refractivity contribution in [3.63, 3.8) is 0 Å². The highest BCUT2D eigenvalue weighted by Crippen LogP contribution is 2.20. The van der Waals surface area contributed by atoms with Gasteiger partial charge in [0.1, 0.15) is 5.76 Å². The van der Waals surface area contributed by atoms with Gasteiger partial charge in [-0.15, -0.1) is 0 Å². The van der Waals surface area contributed by atoms with Gasteiger partial charge in [-0.1, -0.05) is 12.1 Å². The summed E-state index contributed by atoms with van der Waals surface area (Å²) in [7, 11) is 0. The van der Waals surface area contributed by atoms with Gasteiger partial charge in [-0.25, -0.2) is 0 Å². The van der Waals surface area contributed by atoms with E-state index in [-0.39, 0.29) is 5.91 Å². The highest BCUT2D eigenvalue weighted by atomic mass is 16.3. The number of aromatic amines is 1. The molecule has 0 fully saturated rings. The Morgan fingerprint density at radius 2 is 2.17 bits per heavy atom. The summed E-state index contributed by atoms with van der Waals surface area (Å²) in [4.78, 5) is 12.0. The van der Waals surface area contributed by atoms with Gasteiger partial charge in [0.25, 0.3) is 5.91 Å². The summed E-state index contributed by atoms with van der Waals surface area (Å²) in [6.07, 6.45) is 1.49. The zero-order chi connectivity index (χ0) is 12.5. The molecule has 0 atom stereocenters. The maximum Gasteiger partial charge on any atom is 0.260 e. The molecule has 2 heterocycles. The minimum Gasteiger partial charge on any atom is -0.469 e. The van der Waals surface area contributed by atoms with Gasteiger partial charge in [-0.3, -0.25) is 9.89 Å². The zero-order valence-corrected chi connectivity index (χ0v) is 9.73. The van der Waals surface area contributed by atoms with E-state index in [1.165, 1.54) is 6.26 Å². The first-order chi connectivity index (χ1) is 8.75. The van der Waals surface area contributed by atoms with Crippen LogP contribution in [-0.4, -0.2) is 16.1 Å². The van der Waals surface area contributed by atoms with Crippen LogP contribution in [0.25, 0.3) is 10.9 Å². The first kappa shape index (κ1) is 10.6. The van der Waals surface area contributed by atoms with Crippen LogP contribution in [0, 0.1) is 6.92 Å². The Bertz CT molecular complexity index is 712. The molecule has 0 aliphatic heterocycles. The number of hydrogen-bond acceptors (Lipinski definition) is 3. The van der Waals surface area contributed by atoms with Crippen LogP contribution in [0.5, 0.6) is 0 Å². The lowest BCUT2D eigenvalue weighted by molar-refractivity contribution is 0.102. The summed E-state index contributed by atoms with van der Waals surface area (Å²) < 4.78 is 5.10. The maximum absolute atomic E-state index is 12.0. The monoisotopic (exact) mass is 241 g/mol. The van der Waals surface area contributed by atoms with Crippen molar-refractivity contribution in [1.29, 1.82) is 0 Å². The number of benzene rings is 1. The summed E-state index contributed by atoms with van der Waals surface area (Å²) in [6.45, 7) is 1.75. The van der Waals surface area contributed by atoms with Gasteiger partial charge in [0.15, 0.2) is 5.82 Å². The van der Waals surface area contributed by atoms with Crippen molar-refractivity contribution >= 4 is 22.6 Å². The second kappa shape index (κ2) is 4.03. The number of anilines is 1. The number of H-pyrrole nitrogens is 1. The fourth-order valence-electron chi connectivity index (χ4n) is 1.85. The third-order valence-electron chi connectivity index (χ3n) is 2.81. The molecule has 0 radical (unpaired) electrons. The molecule has 1 amide bonds. The van der Waals surface area contributed by atoms with Crippen molar-refractivity contribution < 1.29 is 9.21 Å². The molecule has 3 aromatic rings. The second-order valence-electron chi connectivity index (χ2n) is 3.96. The highest BCUT2D eigenvalue weighted by Gasteiger charge is 2.14. The molecule has 0 aliphatic rings. The zero-order valence-electron chi connectivity index (χ0n) is 9.73. The van der Waals surface area contributed by atoms with Crippen molar-refractivity contribution in [2.75, 3.05) is 5.32 Å². The quantitative estimate of drug-likeness (QED) is 0.724. The van der Waals surface area contributed by atoms with Gasteiger partial charge < -0.3 is 9.73 Å². The number of furan rings is 1. The molecular weight excluding hydrogens is 230 g/mol. The van der Waals surface area contributed by atoms with E-state index in [0.717, 1.165) is 10.9 Å². The molecule has 0 bridgehead atoms. The van der Waals surface area contributed by atoms with Gasteiger partial charge in [0.05, 0.1) is 17.3 Å². The van der Waals surface area contributed by atoms with Crippen molar-refractivity contribution in [2.24, 2.45) is 0 Å². The number of hydrogen-bond donors (Lipinski definition) is 2. The first-order valence-electron chi connectivity index (χ1n) is 5.54. The lowest BCUT2D eigenvalue weighted by atomic mass is 10.2. The summed E-state index contributed by atoms with van der Waals surface area (Å²) in [5.41, 5.74) is 1.40. The minimum absolute atomic E-state index is 0.224.